The molecule has 2 atom stereocenters. The molecule has 1 aliphatic rings. The van der Waals surface area contributed by atoms with Gasteiger partial charge in [0, 0.05) is 6.54 Å². The molecule has 5 nitrogen and oxygen atoms in total. The van der Waals surface area contributed by atoms with Crippen molar-refractivity contribution in [3.05, 3.63) is 10.0 Å². The molecular formula is C12H17ClN2O3S. The van der Waals surface area contributed by atoms with Gasteiger partial charge in [0.2, 0.25) is 0 Å². The van der Waals surface area contributed by atoms with Gasteiger partial charge in [-0.1, -0.05) is 29.9 Å². The Morgan fingerprint density at radius 3 is 3.05 bits per heavy atom. The van der Waals surface area contributed by atoms with Crippen molar-refractivity contribution in [1.82, 2.24) is 4.98 Å². The molecule has 0 radical (unpaired) electrons. The summed E-state index contributed by atoms with van der Waals surface area (Å²) in [4.78, 5) is 18.4. The van der Waals surface area contributed by atoms with Gasteiger partial charge in [-0.2, -0.15) is 0 Å². The van der Waals surface area contributed by atoms with Crippen molar-refractivity contribution in [3.63, 3.8) is 0 Å². The Morgan fingerprint density at radius 2 is 2.42 bits per heavy atom. The van der Waals surface area contributed by atoms with E-state index < -0.39 is 5.97 Å². The zero-order chi connectivity index (χ0) is 14.0. The van der Waals surface area contributed by atoms with Crippen molar-refractivity contribution in [2.24, 2.45) is 0 Å². The minimum Gasteiger partial charge on any atom is -0.465 e. The van der Waals surface area contributed by atoms with E-state index in [4.69, 9.17) is 21.1 Å². The first-order chi connectivity index (χ1) is 9.06. The van der Waals surface area contributed by atoms with Crippen LogP contribution in [-0.2, 0) is 9.47 Å². The minimum absolute atomic E-state index is 0.145. The van der Waals surface area contributed by atoms with Crippen LogP contribution in [0.2, 0.25) is 5.15 Å². The largest absolute Gasteiger partial charge is 0.465 e. The monoisotopic (exact) mass is 304 g/mol. The molecule has 0 amide bonds. The smallest absolute Gasteiger partial charge is 0.351 e. The molecule has 2 heterocycles. The number of hydrogen-bond donors (Lipinski definition) is 0. The predicted molar refractivity (Wildman–Crippen MR) is 75.3 cm³/mol. The van der Waals surface area contributed by atoms with Crippen LogP contribution in [0.4, 0.5) is 5.13 Å². The molecule has 0 saturated carbocycles. The first-order valence-corrected chi connectivity index (χ1v) is 7.39. The molecule has 1 saturated heterocycles. The summed E-state index contributed by atoms with van der Waals surface area (Å²) < 4.78 is 10.3. The molecule has 2 unspecified atom stereocenters. The van der Waals surface area contributed by atoms with Crippen molar-refractivity contribution in [1.29, 1.82) is 0 Å². The maximum Gasteiger partial charge on any atom is 0.351 e. The van der Waals surface area contributed by atoms with Crippen molar-refractivity contribution in [3.8, 4) is 0 Å². The number of esters is 1. The van der Waals surface area contributed by atoms with E-state index >= 15 is 0 Å². The Bertz CT molecular complexity index is 466. The second kappa shape index (κ2) is 6.07. The topological polar surface area (TPSA) is 51.7 Å². The van der Waals surface area contributed by atoms with Crippen molar-refractivity contribution in [2.45, 2.75) is 32.4 Å². The van der Waals surface area contributed by atoms with Gasteiger partial charge >= 0.3 is 5.97 Å². The SMILES string of the molecule is CCC1COC(C)CN1c1nc(Cl)c(C(=O)OC)s1. The maximum atomic E-state index is 11.6. The van der Waals surface area contributed by atoms with Crippen LogP contribution >= 0.6 is 22.9 Å². The Hall–Kier alpha value is -0.850. The summed E-state index contributed by atoms with van der Waals surface area (Å²) in [6.45, 7) is 5.55. The van der Waals surface area contributed by atoms with Crippen LogP contribution in [-0.4, -0.2) is 43.4 Å². The molecular weight excluding hydrogens is 288 g/mol. The van der Waals surface area contributed by atoms with Crippen LogP contribution < -0.4 is 4.90 Å². The zero-order valence-corrected chi connectivity index (χ0v) is 12.8. The molecule has 19 heavy (non-hydrogen) atoms. The number of halogens is 1. The van der Waals surface area contributed by atoms with E-state index in [1.807, 2.05) is 6.92 Å². The summed E-state index contributed by atoms with van der Waals surface area (Å²) in [6, 6.07) is 0.268. The molecule has 0 aliphatic carbocycles. The number of thiazole rings is 1. The van der Waals surface area contributed by atoms with Crippen LogP contribution in [0.5, 0.6) is 0 Å². The molecule has 0 spiro atoms. The number of rotatable bonds is 3. The molecule has 0 N–H and O–H groups in total. The highest BCUT2D eigenvalue weighted by Crippen LogP contribution is 2.33. The second-order valence-corrected chi connectivity index (χ2v) is 5.80. The molecule has 1 aromatic heterocycles. The van der Waals surface area contributed by atoms with Gasteiger partial charge in [0.15, 0.2) is 15.2 Å². The Kier molecular flexibility index (Phi) is 4.65. The Morgan fingerprint density at radius 1 is 1.68 bits per heavy atom. The zero-order valence-electron chi connectivity index (χ0n) is 11.2. The highest BCUT2D eigenvalue weighted by molar-refractivity contribution is 7.18. The number of carbonyl (C=O) groups excluding carboxylic acids is 1. The van der Waals surface area contributed by atoms with E-state index in [-0.39, 0.29) is 17.3 Å². The molecule has 7 heteroatoms. The number of hydrogen-bond acceptors (Lipinski definition) is 6. The Balaban J connectivity index is 2.26. The van der Waals surface area contributed by atoms with Crippen LogP contribution in [0, 0.1) is 0 Å². The van der Waals surface area contributed by atoms with E-state index in [0.29, 0.717) is 11.5 Å². The third-order valence-corrected chi connectivity index (χ3v) is 4.59. The van der Waals surface area contributed by atoms with Crippen molar-refractivity contribution >= 4 is 34.0 Å². The summed E-state index contributed by atoms with van der Waals surface area (Å²) in [5, 5.41) is 0.966. The molecule has 1 aromatic rings. The van der Waals surface area contributed by atoms with Gasteiger partial charge in [-0.3, -0.25) is 0 Å². The number of anilines is 1. The number of methoxy groups -OCH3 is 1. The number of aromatic nitrogens is 1. The summed E-state index contributed by atoms with van der Waals surface area (Å²) in [7, 11) is 1.34. The van der Waals surface area contributed by atoms with Crippen LogP contribution in [0.1, 0.15) is 29.9 Å². The second-order valence-electron chi connectivity index (χ2n) is 4.47. The highest BCUT2D eigenvalue weighted by atomic mass is 35.5. The molecule has 0 bridgehead atoms. The van der Waals surface area contributed by atoms with Crippen LogP contribution in [0.15, 0.2) is 0 Å². The molecule has 2 rings (SSSR count). The van der Waals surface area contributed by atoms with Gasteiger partial charge in [-0.15, -0.1) is 0 Å². The van der Waals surface area contributed by atoms with Crippen molar-refractivity contribution in [2.75, 3.05) is 25.2 Å². The third-order valence-electron chi connectivity index (χ3n) is 3.13. The van der Waals surface area contributed by atoms with E-state index in [0.717, 1.165) is 18.1 Å². The molecule has 1 aliphatic heterocycles. The highest BCUT2D eigenvalue weighted by Gasteiger charge is 2.29. The van der Waals surface area contributed by atoms with Gasteiger partial charge in [0.25, 0.3) is 0 Å². The van der Waals surface area contributed by atoms with E-state index in [9.17, 15) is 4.79 Å². The summed E-state index contributed by atoms with van der Waals surface area (Å²) in [5.74, 6) is -0.442. The summed E-state index contributed by atoms with van der Waals surface area (Å²) >= 11 is 7.28. The summed E-state index contributed by atoms with van der Waals surface area (Å²) in [6.07, 6.45) is 1.10. The van der Waals surface area contributed by atoms with Crippen LogP contribution in [0.3, 0.4) is 0 Å². The predicted octanol–water partition coefficient (Wildman–Crippen LogP) is 2.59. The van der Waals surface area contributed by atoms with Gasteiger partial charge in [0.1, 0.15) is 0 Å². The maximum absolute atomic E-state index is 11.6. The summed E-state index contributed by atoms with van der Waals surface area (Å²) in [5.41, 5.74) is 0. The van der Waals surface area contributed by atoms with Gasteiger partial charge in [-0.25, -0.2) is 9.78 Å². The fraction of sp³-hybridized carbons (Fsp3) is 0.667. The molecule has 106 valence electrons. The number of nitrogens with zero attached hydrogens (tertiary/aromatic N) is 2. The number of morpholine rings is 1. The normalized spacial score (nSPS) is 23.5. The first-order valence-electron chi connectivity index (χ1n) is 6.19. The average molecular weight is 305 g/mol. The lowest BCUT2D eigenvalue weighted by Gasteiger charge is -2.38. The lowest BCUT2D eigenvalue weighted by atomic mass is 10.1. The lowest BCUT2D eigenvalue weighted by Crippen LogP contribution is -2.48. The fourth-order valence-electron chi connectivity index (χ4n) is 2.05. The molecule has 0 aromatic carbocycles. The van der Waals surface area contributed by atoms with Crippen molar-refractivity contribution < 1.29 is 14.3 Å². The van der Waals surface area contributed by atoms with Gasteiger partial charge in [-0.05, 0) is 13.3 Å². The fourth-order valence-corrected chi connectivity index (χ4v) is 3.33. The van der Waals surface area contributed by atoms with E-state index in [1.165, 1.54) is 18.4 Å². The number of carbonyl (C=O) groups is 1. The van der Waals surface area contributed by atoms with Gasteiger partial charge in [0.05, 0.1) is 25.9 Å². The molecule has 1 fully saturated rings. The average Bonchev–Trinajstić information content (AvgIpc) is 2.79. The van der Waals surface area contributed by atoms with Crippen LogP contribution in [0.25, 0.3) is 0 Å². The number of ether oxygens (including phenoxy) is 2. The van der Waals surface area contributed by atoms with Gasteiger partial charge < -0.3 is 14.4 Å². The van der Waals surface area contributed by atoms with E-state index in [2.05, 4.69) is 16.8 Å². The van der Waals surface area contributed by atoms with E-state index in [1.54, 1.807) is 0 Å². The Labute approximate surface area is 121 Å². The third kappa shape index (κ3) is 3.01. The quantitative estimate of drug-likeness (QED) is 0.803. The first kappa shape index (κ1) is 14.6. The minimum atomic E-state index is -0.442. The standard InChI is InChI=1S/C12H17ClN2O3S/c1-4-8-6-18-7(2)5-15(8)12-14-10(13)9(19-12)11(16)17-3/h7-8H,4-6H2,1-3H3. The lowest BCUT2D eigenvalue weighted by molar-refractivity contribution is 0.0299.